The average molecular weight is 417 g/mol. The molecule has 0 aliphatic carbocycles. The van der Waals surface area contributed by atoms with Gasteiger partial charge in [0.05, 0.1) is 5.69 Å². The van der Waals surface area contributed by atoms with Crippen LogP contribution >= 0.6 is 0 Å². The van der Waals surface area contributed by atoms with E-state index in [1.54, 1.807) is 29.0 Å². The fourth-order valence-corrected chi connectivity index (χ4v) is 3.24. The molecule has 0 aliphatic heterocycles. The molecule has 0 fully saturated rings. The summed E-state index contributed by atoms with van der Waals surface area (Å²) in [7, 11) is 0. The van der Waals surface area contributed by atoms with Crippen LogP contribution in [0, 0.1) is 5.82 Å². The summed E-state index contributed by atoms with van der Waals surface area (Å²) in [6.45, 7) is 5.18. The van der Waals surface area contributed by atoms with Crippen LogP contribution < -0.4 is 15.6 Å². The first-order valence-electron chi connectivity index (χ1n) is 10.2. The standard InChI is InChI=1S/C25H24FN3O2/c1-17(2)27-15-22-11-19-5-8-23(12-20(19)14-28-22)29-10-9-24(13-25(29)30)31-16-18-3-6-21(26)7-4-18/h3-14,17,27H,15-16H2,1-2H3. The predicted molar refractivity (Wildman–Crippen MR) is 120 cm³/mol. The number of halogens is 1. The van der Waals surface area contributed by atoms with E-state index < -0.39 is 0 Å². The Morgan fingerprint density at radius 3 is 2.58 bits per heavy atom. The lowest BCUT2D eigenvalue weighted by Gasteiger charge is -2.11. The zero-order chi connectivity index (χ0) is 21.8. The zero-order valence-corrected chi connectivity index (χ0v) is 17.5. The molecular formula is C25H24FN3O2. The van der Waals surface area contributed by atoms with Crippen LogP contribution in [0.25, 0.3) is 16.5 Å². The summed E-state index contributed by atoms with van der Waals surface area (Å²) in [6.07, 6.45) is 3.53. The Labute approximate surface area is 180 Å². The van der Waals surface area contributed by atoms with E-state index in [1.165, 1.54) is 18.2 Å². The SMILES string of the molecule is CC(C)NCc1cc2ccc(-n3ccc(OCc4ccc(F)cc4)cc3=O)cc2cn1. The average Bonchev–Trinajstić information content (AvgIpc) is 2.77. The van der Waals surface area contributed by atoms with E-state index in [0.29, 0.717) is 18.3 Å². The van der Waals surface area contributed by atoms with Crippen LogP contribution in [0.2, 0.25) is 0 Å². The third kappa shape index (κ3) is 5.16. The Morgan fingerprint density at radius 1 is 1.03 bits per heavy atom. The lowest BCUT2D eigenvalue weighted by molar-refractivity contribution is 0.305. The van der Waals surface area contributed by atoms with Crippen molar-refractivity contribution in [1.29, 1.82) is 0 Å². The number of ether oxygens (including phenoxy) is 1. The lowest BCUT2D eigenvalue weighted by Crippen LogP contribution is -2.22. The molecule has 0 spiro atoms. The molecule has 4 rings (SSSR count). The second-order valence-electron chi connectivity index (χ2n) is 7.73. The third-order valence-electron chi connectivity index (χ3n) is 4.94. The van der Waals surface area contributed by atoms with Crippen LogP contribution in [-0.4, -0.2) is 15.6 Å². The molecule has 0 bridgehead atoms. The number of pyridine rings is 2. The Morgan fingerprint density at radius 2 is 1.84 bits per heavy atom. The van der Waals surface area contributed by atoms with Gasteiger partial charge in [-0.3, -0.25) is 14.3 Å². The smallest absolute Gasteiger partial charge is 0.258 e. The molecule has 0 aliphatic rings. The molecular weight excluding hydrogens is 393 g/mol. The van der Waals surface area contributed by atoms with Gasteiger partial charge in [-0.25, -0.2) is 4.39 Å². The number of benzene rings is 2. The first-order valence-corrected chi connectivity index (χ1v) is 10.2. The van der Waals surface area contributed by atoms with Gasteiger partial charge in [0.1, 0.15) is 18.2 Å². The minimum absolute atomic E-state index is 0.193. The Hall–Kier alpha value is -3.51. The molecule has 0 unspecified atom stereocenters. The van der Waals surface area contributed by atoms with Crippen LogP contribution in [0.1, 0.15) is 25.1 Å². The van der Waals surface area contributed by atoms with Gasteiger partial charge in [-0.15, -0.1) is 0 Å². The number of fused-ring (bicyclic) bond motifs is 1. The number of hydrogen-bond acceptors (Lipinski definition) is 4. The number of rotatable bonds is 7. The molecule has 0 saturated carbocycles. The normalized spacial score (nSPS) is 11.2. The predicted octanol–water partition coefficient (Wildman–Crippen LogP) is 4.60. The van der Waals surface area contributed by atoms with Crippen molar-refractivity contribution in [3.05, 3.63) is 100 Å². The zero-order valence-electron chi connectivity index (χ0n) is 17.5. The van der Waals surface area contributed by atoms with Gasteiger partial charge in [0.15, 0.2) is 0 Å². The summed E-state index contributed by atoms with van der Waals surface area (Å²) in [5, 5.41) is 5.41. The largest absolute Gasteiger partial charge is 0.489 e. The number of hydrogen-bond donors (Lipinski definition) is 1. The second kappa shape index (κ2) is 9.10. The van der Waals surface area contributed by atoms with E-state index >= 15 is 0 Å². The summed E-state index contributed by atoms with van der Waals surface area (Å²) < 4.78 is 20.2. The molecule has 4 aromatic rings. The minimum Gasteiger partial charge on any atom is -0.489 e. The Balaban J connectivity index is 1.51. The minimum atomic E-state index is -0.291. The van der Waals surface area contributed by atoms with E-state index in [9.17, 15) is 9.18 Å². The van der Waals surface area contributed by atoms with Crippen molar-refractivity contribution in [2.45, 2.75) is 33.0 Å². The van der Waals surface area contributed by atoms with Crippen molar-refractivity contribution in [2.24, 2.45) is 0 Å². The highest BCUT2D eigenvalue weighted by Gasteiger charge is 2.06. The summed E-state index contributed by atoms with van der Waals surface area (Å²) in [5.74, 6) is 0.177. The number of nitrogens with one attached hydrogen (secondary N) is 1. The van der Waals surface area contributed by atoms with Gasteiger partial charge >= 0.3 is 0 Å². The first-order chi connectivity index (χ1) is 15.0. The van der Waals surface area contributed by atoms with Crippen LogP contribution in [0.4, 0.5) is 4.39 Å². The molecule has 2 heterocycles. The fourth-order valence-electron chi connectivity index (χ4n) is 3.24. The van der Waals surface area contributed by atoms with E-state index in [2.05, 4.69) is 30.2 Å². The maximum absolute atomic E-state index is 13.0. The van der Waals surface area contributed by atoms with Gasteiger partial charge in [0.2, 0.25) is 0 Å². The van der Waals surface area contributed by atoms with Crippen LogP contribution in [0.5, 0.6) is 5.75 Å². The maximum atomic E-state index is 13.0. The van der Waals surface area contributed by atoms with Gasteiger partial charge in [-0.1, -0.05) is 32.0 Å². The number of nitrogens with zero attached hydrogens (tertiary/aromatic N) is 2. The van der Waals surface area contributed by atoms with Crippen LogP contribution in [0.3, 0.4) is 0 Å². The van der Waals surface area contributed by atoms with E-state index in [4.69, 9.17) is 4.74 Å². The highest BCUT2D eigenvalue weighted by molar-refractivity contribution is 5.84. The van der Waals surface area contributed by atoms with Crippen molar-refractivity contribution in [2.75, 3.05) is 0 Å². The topological polar surface area (TPSA) is 56.2 Å². The summed E-state index contributed by atoms with van der Waals surface area (Å²) in [4.78, 5) is 17.2. The molecule has 0 amide bonds. The van der Waals surface area contributed by atoms with Crippen molar-refractivity contribution >= 4 is 10.8 Å². The van der Waals surface area contributed by atoms with Gasteiger partial charge in [0, 0.05) is 42.1 Å². The maximum Gasteiger partial charge on any atom is 0.258 e. The Bertz CT molecular complexity index is 1250. The lowest BCUT2D eigenvalue weighted by atomic mass is 10.1. The van der Waals surface area contributed by atoms with Crippen LogP contribution in [0.15, 0.2) is 77.9 Å². The number of aromatic nitrogens is 2. The van der Waals surface area contributed by atoms with Crippen molar-refractivity contribution in [3.8, 4) is 11.4 Å². The van der Waals surface area contributed by atoms with Gasteiger partial charge in [0.25, 0.3) is 5.56 Å². The Kier molecular flexibility index (Phi) is 6.09. The fraction of sp³-hybridized carbons (Fsp3) is 0.200. The molecule has 31 heavy (non-hydrogen) atoms. The van der Waals surface area contributed by atoms with Crippen molar-refractivity contribution in [3.63, 3.8) is 0 Å². The highest BCUT2D eigenvalue weighted by atomic mass is 19.1. The van der Waals surface area contributed by atoms with Gasteiger partial charge in [-0.2, -0.15) is 0 Å². The van der Waals surface area contributed by atoms with Gasteiger partial charge in [-0.05, 0) is 47.3 Å². The molecule has 2 aromatic carbocycles. The summed E-state index contributed by atoms with van der Waals surface area (Å²) in [6, 6.07) is 17.6. The van der Waals surface area contributed by atoms with Crippen molar-refractivity contribution < 1.29 is 9.13 Å². The molecule has 0 atom stereocenters. The summed E-state index contributed by atoms with van der Waals surface area (Å²) >= 11 is 0. The molecule has 0 saturated heterocycles. The highest BCUT2D eigenvalue weighted by Crippen LogP contribution is 2.19. The quantitative estimate of drug-likeness (QED) is 0.477. The molecule has 158 valence electrons. The molecule has 6 heteroatoms. The summed E-state index contributed by atoms with van der Waals surface area (Å²) in [5.41, 5.74) is 2.38. The second-order valence-corrected chi connectivity index (χ2v) is 7.73. The van der Waals surface area contributed by atoms with E-state index in [-0.39, 0.29) is 18.0 Å². The van der Waals surface area contributed by atoms with E-state index in [0.717, 1.165) is 27.7 Å². The third-order valence-corrected chi connectivity index (χ3v) is 4.94. The van der Waals surface area contributed by atoms with E-state index in [1.807, 2.05) is 24.4 Å². The van der Waals surface area contributed by atoms with Crippen molar-refractivity contribution in [1.82, 2.24) is 14.9 Å². The molecule has 2 aromatic heterocycles. The monoisotopic (exact) mass is 417 g/mol. The molecule has 5 nitrogen and oxygen atoms in total. The molecule has 0 radical (unpaired) electrons. The first kappa shape index (κ1) is 20.8. The van der Waals surface area contributed by atoms with Crippen LogP contribution in [-0.2, 0) is 13.2 Å². The molecule has 1 N–H and O–H groups in total. The van der Waals surface area contributed by atoms with Gasteiger partial charge < -0.3 is 10.1 Å².